The van der Waals surface area contributed by atoms with Crippen LogP contribution >= 0.6 is 11.3 Å². The average Bonchev–Trinajstić information content (AvgIpc) is 2.44. The fraction of sp³-hybridized carbons (Fsp3) is 0.500. The Bertz CT molecular complexity index is 322. The number of thiazole rings is 1. The number of aromatic nitrogens is 1. The number of nitrogens with zero attached hydrogens (tertiary/aromatic N) is 2. The molecule has 1 saturated heterocycles. The van der Waals surface area contributed by atoms with Crippen molar-refractivity contribution in [1.82, 2.24) is 10.3 Å². The molecule has 0 radical (unpaired) electrons. The number of nitrogens with one attached hydrogen (secondary N) is 2. The van der Waals surface area contributed by atoms with Crippen LogP contribution in [-0.4, -0.2) is 29.0 Å². The highest BCUT2D eigenvalue weighted by Crippen LogP contribution is 2.25. The van der Waals surface area contributed by atoms with Crippen molar-refractivity contribution in [3.8, 4) is 0 Å². The second-order valence-electron chi connectivity index (χ2n) is 2.76. The van der Waals surface area contributed by atoms with E-state index >= 15 is 0 Å². The summed E-state index contributed by atoms with van der Waals surface area (Å²) in [7, 11) is 0. The standard InChI is InChI=1S/C6H8N4O2S/c11-10(12)5-3-8-6(13-5)9-4-1-7-2-4/h3-4,7H,1-2H2,(H,8,9). The van der Waals surface area contributed by atoms with Crippen LogP contribution in [0, 0.1) is 10.1 Å². The average molecular weight is 200 g/mol. The predicted octanol–water partition coefficient (Wildman–Crippen LogP) is 0.435. The summed E-state index contributed by atoms with van der Waals surface area (Å²) in [6.07, 6.45) is 1.28. The molecular weight excluding hydrogens is 192 g/mol. The highest BCUT2D eigenvalue weighted by Gasteiger charge is 2.19. The van der Waals surface area contributed by atoms with Gasteiger partial charge in [0.25, 0.3) is 0 Å². The number of rotatable bonds is 3. The lowest BCUT2D eigenvalue weighted by Gasteiger charge is -2.27. The largest absolute Gasteiger partial charge is 0.356 e. The van der Waals surface area contributed by atoms with Gasteiger partial charge in [0.15, 0.2) is 5.13 Å². The molecule has 0 spiro atoms. The molecule has 1 aromatic rings. The van der Waals surface area contributed by atoms with Crippen molar-refractivity contribution in [2.24, 2.45) is 0 Å². The van der Waals surface area contributed by atoms with E-state index in [-0.39, 0.29) is 5.00 Å². The maximum atomic E-state index is 10.3. The van der Waals surface area contributed by atoms with Gasteiger partial charge in [-0.2, -0.15) is 0 Å². The quantitative estimate of drug-likeness (QED) is 0.546. The van der Waals surface area contributed by atoms with Crippen LogP contribution in [0.3, 0.4) is 0 Å². The van der Waals surface area contributed by atoms with E-state index in [0.29, 0.717) is 11.2 Å². The van der Waals surface area contributed by atoms with Gasteiger partial charge < -0.3 is 10.6 Å². The van der Waals surface area contributed by atoms with Crippen LogP contribution in [-0.2, 0) is 0 Å². The van der Waals surface area contributed by atoms with E-state index < -0.39 is 4.92 Å². The Balaban J connectivity index is 2.00. The summed E-state index contributed by atoms with van der Waals surface area (Å²) < 4.78 is 0. The summed E-state index contributed by atoms with van der Waals surface area (Å²) in [4.78, 5) is 13.8. The molecule has 0 amide bonds. The second-order valence-corrected chi connectivity index (χ2v) is 3.77. The Morgan fingerprint density at radius 3 is 3.00 bits per heavy atom. The van der Waals surface area contributed by atoms with Gasteiger partial charge in [-0.1, -0.05) is 0 Å². The van der Waals surface area contributed by atoms with Gasteiger partial charge in [-0.25, -0.2) is 4.98 Å². The molecule has 1 aliphatic rings. The van der Waals surface area contributed by atoms with Gasteiger partial charge in [0, 0.05) is 13.1 Å². The Kier molecular flexibility index (Phi) is 2.11. The molecule has 2 heterocycles. The summed E-state index contributed by atoms with van der Waals surface area (Å²) in [6, 6.07) is 0.366. The van der Waals surface area contributed by atoms with Crippen LogP contribution in [0.1, 0.15) is 0 Å². The van der Waals surface area contributed by atoms with Gasteiger partial charge >= 0.3 is 5.00 Å². The topological polar surface area (TPSA) is 80.1 Å². The highest BCUT2D eigenvalue weighted by atomic mass is 32.1. The molecule has 1 aromatic heterocycles. The molecule has 6 nitrogen and oxygen atoms in total. The fourth-order valence-electron chi connectivity index (χ4n) is 0.982. The van der Waals surface area contributed by atoms with Crippen molar-refractivity contribution >= 4 is 21.5 Å². The van der Waals surface area contributed by atoms with Crippen molar-refractivity contribution in [3.05, 3.63) is 16.3 Å². The molecule has 0 saturated carbocycles. The van der Waals surface area contributed by atoms with E-state index in [1.165, 1.54) is 6.20 Å². The normalized spacial score (nSPS) is 16.6. The molecule has 0 unspecified atom stereocenters. The first-order chi connectivity index (χ1) is 6.25. The van der Waals surface area contributed by atoms with Crippen molar-refractivity contribution in [1.29, 1.82) is 0 Å². The van der Waals surface area contributed by atoms with Crippen molar-refractivity contribution in [3.63, 3.8) is 0 Å². The van der Waals surface area contributed by atoms with Crippen molar-refractivity contribution in [2.45, 2.75) is 6.04 Å². The summed E-state index contributed by atoms with van der Waals surface area (Å²) >= 11 is 1.07. The maximum Gasteiger partial charge on any atom is 0.345 e. The lowest BCUT2D eigenvalue weighted by Crippen LogP contribution is -2.51. The van der Waals surface area contributed by atoms with Crippen molar-refractivity contribution in [2.75, 3.05) is 18.4 Å². The van der Waals surface area contributed by atoms with Crippen molar-refractivity contribution < 1.29 is 4.92 Å². The first-order valence-corrected chi connectivity index (χ1v) is 4.65. The predicted molar refractivity (Wildman–Crippen MR) is 49.0 cm³/mol. The lowest BCUT2D eigenvalue weighted by molar-refractivity contribution is -0.380. The first kappa shape index (κ1) is 8.39. The van der Waals surface area contributed by atoms with E-state index in [0.717, 1.165) is 24.4 Å². The summed E-state index contributed by atoms with van der Waals surface area (Å²) in [5, 5.41) is 17.2. The Labute approximate surface area is 78.1 Å². The molecule has 0 aliphatic carbocycles. The molecular formula is C6H8N4O2S. The molecule has 70 valence electrons. The summed E-state index contributed by atoms with van der Waals surface area (Å²) in [6.45, 7) is 1.79. The van der Waals surface area contributed by atoms with Crippen LogP contribution in [0.5, 0.6) is 0 Å². The van der Waals surface area contributed by atoms with E-state index in [9.17, 15) is 10.1 Å². The molecule has 7 heteroatoms. The third kappa shape index (κ3) is 1.76. The van der Waals surface area contributed by atoms with Gasteiger partial charge in [0.05, 0.1) is 11.0 Å². The van der Waals surface area contributed by atoms with Gasteiger partial charge in [0.2, 0.25) is 0 Å². The molecule has 13 heavy (non-hydrogen) atoms. The van der Waals surface area contributed by atoms with E-state index in [2.05, 4.69) is 15.6 Å². The Morgan fingerprint density at radius 2 is 2.54 bits per heavy atom. The SMILES string of the molecule is O=[N+]([O-])c1cnc(NC2CNC2)s1. The smallest absolute Gasteiger partial charge is 0.345 e. The van der Waals surface area contributed by atoms with Gasteiger partial charge in [0.1, 0.15) is 6.20 Å². The Morgan fingerprint density at radius 1 is 1.77 bits per heavy atom. The third-order valence-electron chi connectivity index (χ3n) is 1.78. The molecule has 1 fully saturated rings. The zero-order chi connectivity index (χ0) is 9.26. The van der Waals surface area contributed by atoms with E-state index in [1.54, 1.807) is 0 Å². The molecule has 0 bridgehead atoms. The second kappa shape index (κ2) is 3.27. The molecule has 0 aromatic carbocycles. The molecule has 2 N–H and O–H groups in total. The minimum absolute atomic E-state index is 0.0785. The summed E-state index contributed by atoms with van der Waals surface area (Å²) in [5.74, 6) is 0. The molecule has 0 atom stereocenters. The zero-order valence-corrected chi connectivity index (χ0v) is 7.50. The number of anilines is 1. The van der Waals surface area contributed by atoms with Crippen LogP contribution in [0.25, 0.3) is 0 Å². The number of hydrogen-bond donors (Lipinski definition) is 2. The van der Waals surface area contributed by atoms with Crippen LogP contribution in [0.15, 0.2) is 6.20 Å². The molecule has 2 rings (SSSR count). The van der Waals surface area contributed by atoms with Crippen LogP contribution in [0.2, 0.25) is 0 Å². The van der Waals surface area contributed by atoms with E-state index in [4.69, 9.17) is 0 Å². The van der Waals surface area contributed by atoms with Crippen LogP contribution < -0.4 is 10.6 Å². The minimum Gasteiger partial charge on any atom is -0.356 e. The first-order valence-electron chi connectivity index (χ1n) is 3.83. The molecule has 1 aliphatic heterocycles. The minimum atomic E-state index is -0.429. The Hall–Kier alpha value is -1.21. The third-order valence-corrected chi connectivity index (χ3v) is 2.66. The zero-order valence-electron chi connectivity index (χ0n) is 6.69. The number of nitro groups is 1. The number of hydrogen-bond acceptors (Lipinski definition) is 6. The lowest BCUT2D eigenvalue weighted by atomic mass is 10.2. The summed E-state index contributed by atoms with van der Waals surface area (Å²) in [5.41, 5.74) is 0. The fourth-order valence-corrected chi connectivity index (χ4v) is 1.69. The monoisotopic (exact) mass is 200 g/mol. The van der Waals surface area contributed by atoms with Gasteiger partial charge in [-0.15, -0.1) is 0 Å². The van der Waals surface area contributed by atoms with E-state index in [1.807, 2.05) is 0 Å². The maximum absolute atomic E-state index is 10.3. The van der Waals surface area contributed by atoms with Gasteiger partial charge in [-0.3, -0.25) is 10.1 Å². The van der Waals surface area contributed by atoms with Gasteiger partial charge in [-0.05, 0) is 11.3 Å². The highest BCUT2D eigenvalue weighted by molar-refractivity contribution is 7.18. The van der Waals surface area contributed by atoms with Crippen LogP contribution in [0.4, 0.5) is 10.1 Å².